The lowest BCUT2D eigenvalue weighted by Crippen LogP contribution is -2.48. The topological polar surface area (TPSA) is 84.7 Å². The Hall–Kier alpha value is -1.86. The van der Waals surface area contributed by atoms with E-state index in [4.69, 9.17) is 21.4 Å². The molecular formula is C13H16ClN3O4. The largest absolute Gasteiger partial charge is 0.479 e. The van der Waals surface area contributed by atoms with E-state index in [1.54, 1.807) is 20.0 Å². The maximum absolute atomic E-state index is 12.1. The summed E-state index contributed by atoms with van der Waals surface area (Å²) in [5, 5.41) is 13.5. The minimum Gasteiger partial charge on any atom is -0.479 e. The quantitative estimate of drug-likeness (QED) is 0.831. The molecular weight excluding hydrogens is 298 g/mol. The van der Waals surface area contributed by atoms with Gasteiger partial charge in [-0.05, 0) is 13.0 Å². The first-order valence-electron chi connectivity index (χ1n) is 6.40. The number of aromatic nitrogens is 2. The van der Waals surface area contributed by atoms with Crippen molar-refractivity contribution in [1.29, 1.82) is 0 Å². The highest BCUT2D eigenvalue weighted by Crippen LogP contribution is 2.20. The molecule has 7 nitrogen and oxygen atoms in total. The van der Waals surface area contributed by atoms with Gasteiger partial charge in [-0.25, -0.2) is 4.79 Å². The molecule has 2 rings (SSSR count). The van der Waals surface area contributed by atoms with Crippen LogP contribution in [0.5, 0.6) is 0 Å². The number of aryl methyl sites for hydroxylation is 2. The van der Waals surface area contributed by atoms with E-state index in [1.165, 1.54) is 15.7 Å². The van der Waals surface area contributed by atoms with E-state index in [1.807, 2.05) is 0 Å². The van der Waals surface area contributed by atoms with Gasteiger partial charge in [-0.2, -0.15) is 5.10 Å². The second-order valence-electron chi connectivity index (χ2n) is 4.73. The number of hydrogen-bond acceptors (Lipinski definition) is 4. The Balaban J connectivity index is 2.07. The molecule has 0 radical (unpaired) electrons. The van der Waals surface area contributed by atoms with Crippen molar-refractivity contribution < 1.29 is 19.4 Å². The van der Waals surface area contributed by atoms with Crippen LogP contribution in [0.4, 0.5) is 0 Å². The molecule has 1 atom stereocenters. The Labute approximate surface area is 126 Å². The summed E-state index contributed by atoms with van der Waals surface area (Å²) in [6.07, 6.45) is 2.00. The van der Waals surface area contributed by atoms with Crippen LogP contribution in [-0.4, -0.2) is 57.5 Å². The number of ether oxygens (including phenoxy) is 1. The molecule has 114 valence electrons. The summed E-state index contributed by atoms with van der Waals surface area (Å²) in [6.45, 7) is 2.42. The number of halogens is 1. The van der Waals surface area contributed by atoms with Crippen LogP contribution in [0.25, 0.3) is 6.08 Å². The van der Waals surface area contributed by atoms with Crippen LogP contribution in [-0.2, 0) is 21.4 Å². The van der Waals surface area contributed by atoms with Gasteiger partial charge in [0.25, 0.3) is 0 Å². The molecule has 2 heterocycles. The molecule has 0 unspecified atom stereocenters. The van der Waals surface area contributed by atoms with Crippen LogP contribution >= 0.6 is 11.6 Å². The van der Waals surface area contributed by atoms with Gasteiger partial charge in [0.1, 0.15) is 5.15 Å². The van der Waals surface area contributed by atoms with Gasteiger partial charge in [-0.1, -0.05) is 11.6 Å². The van der Waals surface area contributed by atoms with Gasteiger partial charge in [-0.3, -0.25) is 9.48 Å². The van der Waals surface area contributed by atoms with E-state index >= 15 is 0 Å². The zero-order valence-corrected chi connectivity index (χ0v) is 12.5. The third-order valence-corrected chi connectivity index (χ3v) is 3.69. The third kappa shape index (κ3) is 3.43. The molecule has 1 aromatic rings. The van der Waals surface area contributed by atoms with Crippen molar-refractivity contribution in [3.05, 3.63) is 22.5 Å². The highest BCUT2D eigenvalue weighted by Gasteiger charge is 2.28. The molecule has 0 bridgehead atoms. The van der Waals surface area contributed by atoms with Crippen LogP contribution < -0.4 is 0 Å². The molecule has 1 aliphatic heterocycles. The Bertz CT molecular complexity index is 596. The van der Waals surface area contributed by atoms with Crippen molar-refractivity contribution in [2.75, 3.05) is 19.7 Å². The average Bonchev–Trinajstić information content (AvgIpc) is 2.70. The predicted molar refractivity (Wildman–Crippen MR) is 75.9 cm³/mol. The van der Waals surface area contributed by atoms with Crippen LogP contribution in [0, 0.1) is 6.92 Å². The number of nitrogens with zero attached hydrogens (tertiary/aromatic N) is 3. The molecule has 1 aliphatic rings. The van der Waals surface area contributed by atoms with Gasteiger partial charge in [0, 0.05) is 25.2 Å². The van der Waals surface area contributed by atoms with Crippen molar-refractivity contribution in [3.8, 4) is 0 Å². The molecule has 0 aliphatic carbocycles. The average molecular weight is 314 g/mol. The van der Waals surface area contributed by atoms with Crippen LogP contribution in [0.1, 0.15) is 11.3 Å². The third-order valence-electron chi connectivity index (χ3n) is 3.24. The number of carboxylic acids is 1. The van der Waals surface area contributed by atoms with E-state index in [0.717, 1.165) is 5.69 Å². The molecule has 21 heavy (non-hydrogen) atoms. The Morgan fingerprint density at radius 1 is 1.52 bits per heavy atom. The van der Waals surface area contributed by atoms with Gasteiger partial charge in [0.2, 0.25) is 5.91 Å². The summed E-state index contributed by atoms with van der Waals surface area (Å²) in [4.78, 5) is 24.4. The molecule has 0 aromatic carbocycles. The fourth-order valence-electron chi connectivity index (χ4n) is 2.09. The van der Waals surface area contributed by atoms with E-state index in [0.29, 0.717) is 17.3 Å². The zero-order chi connectivity index (χ0) is 15.6. The lowest BCUT2D eigenvalue weighted by Gasteiger charge is -2.30. The summed E-state index contributed by atoms with van der Waals surface area (Å²) >= 11 is 6.07. The molecule has 1 fully saturated rings. The SMILES string of the molecule is Cc1nn(C)c(Cl)c1/C=C\C(=O)N1CCO[C@@H](C(=O)O)C1. The molecule has 8 heteroatoms. The number of hydrogen-bond donors (Lipinski definition) is 1. The van der Waals surface area contributed by atoms with Gasteiger partial charge < -0.3 is 14.7 Å². The Morgan fingerprint density at radius 2 is 2.24 bits per heavy atom. The minimum atomic E-state index is -1.07. The number of aliphatic carboxylic acids is 1. The predicted octanol–water partition coefficient (Wildman–Crippen LogP) is 0.707. The number of amides is 1. The van der Waals surface area contributed by atoms with Crippen molar-refractivity contribution >= 4 is 29.6 Å². The van der Waals surface area contributed by atoms with E-state index < -0.39 is 12.1 Å². The smallest absolute Gasteiger partial charge is 0.334 e. The maximum Gasteiger partial charge on any atom is 0.334 e. The second-order valence-corrected chi connectivity index (χ2v) is 5.09. The van der Waals surface area contributed by atoms with Crippen LogP contribution in [0.2, 0.25) is 5.15 Å². The van der Waals surface area contributed by atoms with Gasteiger partial charge in [0.05, 0.1) is 18.8 Å². The van der Waals surface area contributed by atoms with Crippen molar-refractivity contribution in [2.45, 2.75) is 13.0 Å². The summed E-state index contributed by atoms with van der Waals surface area (Å²) in [5.41, 5.74) is 1.40. The summed E-state index contributed by atoms with van der Waals surface area (Å²) in [7, 11) is 1.72. The fraction of sp³-hybridized carbons (Fsp3) is 0.462. The van der Waals surface area contributed by atoms with Crippen molar-refractivity contribution in [3.63, 3.8) is 0 Å². The lowest BCUT2D eigenvalue weighted by molar-refractivity contribution is -0.158. The highest BCUT2D eigenvalue weighted by atomic mass is 35.5. The molecule has 0 spiro atoms. The molecule has 0 saturated carbocycles. The minimum absolute atomic E-state index is 0.0399. The number of morpholine rings is 1. The lowest BCUT2D eigenvalue weighted by atomic mass is 10.2. The monoisotopic (exact) mass is 313 g/mol. The van der Waals surface area contributed by atoms with E-state index in [-0.39, 0.29) is 19.1 Å². The maximum atomic E-state index is 12.1. The first-order chi connectivity index (χ1) is 9.90. The Morgan fingerprint density at radius 3 is 2.81 bits per heavy atom. The summed E-state index contributed by atoms with van der Waals surface area (Å²) in [6, 6.07) is 0. The van der Waals surface area contributed by atoms with Crippen LogP contribution in [0.3, 0.4) is 0 Å². The molecule has 1 N–H and O–H groups in total. The number of rotatable bonds is 3. The number of carboxylic acid groups (broad SMARTS) is 1. The van der Waals surface area contributed by atoms with Gasteiger partial charge >= 0.3 is 5.97 Å². The van der Waals surface area contributed by atoms with Crippen molar-refractivity contribution in [2.24, 2.45) is 7.05 Å². The first-order valence-corrected chi connectivity index (χ1v) is 6.78. The Kier molecular flexibility index (Phi) is 4.64. The fourth-order valence-corrected chi connectivity index (χ4v) is 2.33. The van der Waals surface area contributed by atoms with Crippen LogP contribution in [0.15, 0.2) is 6.08 Å². The van der Waals surface area contributed by atoms with E-state index in [2.05, 4.69) is 5.10 Å². The van der Waals surface area contributed by atoms with Gasteiger partial charge in [0.15, 0.2) is 6.10 Å². The normalized spacial score (nSPS) is 19.2. The summed E-state index contributed by atoms with van der Waals surface area (Å²) < 4.78 is 6.60. The summed E-state index contributed by atoms with van der Waals surface area (Å²) in [5.74, 6) is -1.34. The zero-order valence-electron chi connectivity index (χ0n) is 11.7. The van der Waals surface area contributed by atoms with Gasteiger partial charge in [-0.15, -0.1) is 0 Å². The first kappa shape index (κ1) is 15.5. The number of carbonyl (C=O) groups is 2. The molecule has 1 amide bonds. The second kappa shape index (κ2) is 6.28. The van der Waals surface area contributed by atoms with E-state index in [9.17, 15) is 9.59 Å². The molecule has 1 saturated heterocycles. The standard InChI is InChI=1S/C13H16ClN3O4/c1-8-9(12(14)16(2)15-8)3-4-11(18)17-5-6-21-10(7-17)13(19)20/h3-4,10H,5-7H2,1-2H3,(H,19,20)/b4-3-/t10-/m1/s1. The highest BCUT2D eigenvalue weighted by molar-refractivity contribution is 6.31. The van der Waals surface area contributed by atoms with Crippen molar-refractivity contribution in [1.82, 2.24) is 14.7 Å². The number of carbonyl (C=O) groups excluding carboxylic acids is 1. The molecule has 1 aromatic heterocycles.